The molecule has 1 aliphatic heterocycles. The summed E-state index contributed by atoms with van der Waals surface area (Å²) in [6.45, 7) is 1.17. The molecule has 1 aromatic rings. The van der Waals surface area contributed by atoms with Crippen LogP contribution < -0.4 is 5.73 Å². The highest BCUT2D eigenvalue weighted by Crippen LogP contribution is 2.37. The molecule has 1 heterocycles. The highest BCUT2D eigenvalue weighted by atomic mass is 79.9. The van der Waals surface area contributed by atoms with Crippen molar-refractivity contribution in [2.75, 3.05) is 18.9 Å². The zero-order chi connectivity index (χ0) is 10.9. The van der Waals surface area contributed by atoms with Crippen LogP contribution in [0.3, 0.4) is 0 Å². The first-order valence-electron chi connectivity index (χ1n) is 4.98. The third-order valence-corrected chi connectivity index (χ3v) is 3.57. The minimum absolute atomic E-state index is 0.586. The summed E-state index contributed by atoms with van der Waals surface area (Å²) in [6, 6.07) is 5.65. The van der Waals surface area contributed by atoms with Crippen molar-refractivity contribution in [3.63, 3.8) is 0 Å². The molecule has 1 saturated heterocycles. The molecule has 82 valence electrons. The molecule has 3 N–H and O–H groups in total. The average molecular weight is 272 g/mol. The van der Waals surface area contributed by atoms with Crippen LogP contribution in [0.5, 0.6) is 0 Å². The third kappa shape index (κ3) is 2.02. The number of hydrogen-bond donors (Lipinski definition) is 2. The molecule has 4 heteroatoms. The van der Waals surface area contributed by atoms with Gasteiger partial charge in [-0.3, -0.25) is 0 Å². The Morgan fingerprint density at radius 2 is 2.00 bits per heavy atom. The van der Waals surface area contributed by atoms with Crippen molar-refractivity contribution in [2.24, 2.45) is 0 Å². The Hall–Kier alpha value is -0.580. The summed E-state index contributed by atoms with van der Waals surface area (Å²) in [4.78, 5) is 0. The Kier molecular flexibility index (Phi) is 3.00. The quantitative estimate of drug-likeness (QED) is 0.769. The van der Waals surface area contributed by atoms with Gasteiger partial charge in [-0.15, -0.1) is 0 Å². The number of nitrogens with two attached hydrogens (primary N) is 1. The number of para-hydroxylation sites is 1. The monoisotopic (exact) mass is 271 g/mol. The van der Waals surface area contributed by atoms with Gasteiger partial charge < -0.3 is 15.6 Å². The second-order valence-corrected chi connectivity index (χ2v) is 4.70. The molecule has 0 bridgehead atoms. The van der Waals surface area contributed by atoms with Crippen molar-refractivity contribution < 1.29 is 9.84 Å². The van der Waals surface area contributed by atoms with E-state index in [1.807, 2.05) is 18.2 Å². The Morgan fingerprint density at radius 3 is 2.67 bits per heavy atom. The van der Waals surface area contributed by atoms with Gasteiger partial charge in [0.25, 0.3) is 0 Å². The van der Waals surface area contributed by atoms with Crippen LogP contribution in [0.25, 0.3) is 0 Å². The summed E-state index contributed by atoms with van der Waals surface area (Å²) in [5.74, 6) is 0. The number of nitrogen functional groups attached to an aromatic ring is 1. The second kappa shape index (κ2) is 4.12. The lowest BCUT2D eigenvalue weighted by Crippen LogP contribution is -2.34. The predicted molar refractivity (Wildman–Crippen MR) is 62.5 cm³/mol. The Balaban J connectivity index is 2.39. The fourth-order valence-electron chi connectivity index (χ4n) is 1.92. The second-order valence-electron chi connectivity index (χ2n) is 3.85. The zero-order valence-corrected chi connectivity index (χ0v) is 9.96. The number of hydrogen-bond acceptors (Lipinski definition) is 3. The average Bonchev–Trinajstić information content (AvgIpc) is 2.23. The molecule has 1 aliphatic rings. The van der Waals surface area contributed by atoms with Crippen molar-refractivity contribution >= 4 is 21.6 Å². The third-order valence-electron chi connectivity index (χ3n) is 2.87. The SMILES string of the molecule is Nc1c(Br)cccc1C1(O)CCOCC1. The topological polar surface area (TPSA) is 55.5 Å². The minimum atomic E-state index is -0.827. The van der Waals surface area contributed by atoms with Crippen molar-refractivity contribution in [3.05, 3.63) is 28.2 Å². The van der Waals surface area contributed by atoms with E-state index in [-0.39, 0.29) is 0 Å². The van der Waals surface area contributed by atoms with Gasteiger partial charge in [0.1, 0.15) is 0 Å². The first-order chi connectivity index (χ1) is 7.13. The fourth-order valence-corrected chi connectivity index (χ4v) is 2.29. The van der Waals surface area contributed by atoms with E-state index in [1.165, 1.54) is 0 Å². The summed E-state index contributed by atoms with van der Waals surface area (Å²) in [6.07, 6.45) is 1.21. The van der Waals surface area contributed by atoms with Gasteiger partial charge >= 0.3 is 0 Å². The molecule has 0 aliphatic carbocycles. The first kappa shape index (κ1) is 10.9. The van der Waals surface area contributed by atoms with Gasteiger partial charge in [-0.05, 0) is 22.0 Å². The Bertz CT molecular complexity index is 362. The van der Waals surface area contributed by atoms with Gasteiger partial charge in [0.2, 0.25) is 0 Å². The summed E-state index contributed by atoms with van der Waals surface area (Å²) >= 11 is 3.37. The van der Waals surface area contributed by atoms with E-state index in [0.717, 1.165) is 10.0 Å². The molecule has 1 fully saturated rings. The van der Waals surface area contributed by atoms with Gasteiger partial charge in [0.05, 0.1) is 11.3 Å². The molecule has 0 aromatic heterocycles. The van der Waals surface area contributed by atoms with E-state index in [2.05, 4.69) is 15.9 Å². The lowest BCUT2D eigenvalue weighted by molar-refractivity contribution is -0.0674. The lowest BCUT2D eigenvalue weighted by Gasteiger charge is -2.33. The molecular formula is C11H14BrNO2. The number of aliphatic hydroxyl groups is 1. The van der Waals surface area contributed by atoms with E-state index in [1.54, 1.807) is 0 Å². The van der Waals surface area contributed by atoms with Crippen molar-refractivity contribution in [2.45, 2.75) is 18.4 Å². The number of ether oxygens (including phenoxy) is 1. The van der Waals surface area contributed by atoms with E-state index in [4.69, 9.17) is 10.5 Å². The summed E-state index contributed by atoms with van der Waals surface area (Å²) in [5, 5.41) is 10.5. The maximum atomic E-state index is 10.5. The van der Waals surface area contributed by atoms with Crippen LogP contribution in [0, 0.1) is 0 Å². The molecule has 0 saturated carbocycles. The Morgan fingerprint density at radius 1 is 1.33 bits per heavy atom. The minimum Gasteiger partial charge on any atom is -0.398 e. The predicted octanol–water partition coefficient (Wildman–Crippen LogP) is 2.03. The number of anilines is 1. The largest absolute Gasteiger partial charge is 0.398 e. The molecule has 0 unspecified atom stereocenters. The van der Waals surface area contributed by atoms with Crippen LogP contribution in [0.2, 0.25) is 0 Å². The van der Waals surface area contributed by atoms with Crippen molar-refractivity contribution in [1.82, 2.24) is 0 Å². The summed E-state index contributed by atoms with van der Waals surface area (Å²) in [7, 11) is 0. The highest BCUT2D eigenvalue weighted by Gasteiger charge is 2.33. The zero-order valence-electron chi connectivity index (χ0n) is 8.37. The standard InChI is InChI=1S/C11H14BrNO2/c12-9-3-1-2-8(10(9)13)11(14)4-6-15-7-5-11/h1-3,14H,4-7,13H2. The van der Waals surface area contributed by atoms with E-state index in [0.29, 0.717) is 31.7 Å². The normalized spacial score (nSPS) is 20.1. The number of benzene rings is 1. The number of rotatable bonds is 1. The van der Waals surface area contributed by atoms with E-state index in [9.17, 15) is 5.11 Å². The molecule has 15 heavy (non-hydrogen) atoms. The van der Waals surface area contributed by atoms with Crippen LogP contribution in [0.15, 0.2) is 22.7 Å². The van der Waals surface area contributed by atoms with Gasteiger partial charge in [0.15, 0.2) is 0 Å². The van der Waals surface area contributed by atoms with Gasteiger partial charge in [0, 0.05) is 36.1 Å². The van der Waals surface area contributed by atoms with E-state index >= 15 is 0 Å². The fraction of sp³-hybridized carbons (Fsp3) is 0.455. The first-order valence-corrected chi connectivity index (χ1v) is 5.77. The molecule has 0 amide bonds. The number of halogens is 1. The maximum Gasteiger partial charge on any atom is 0.0960 e. The molecule has 2 rings (SSSR count). The van der Waals surface area contributed by atoms with Crippen LogP contribution >= 0.6 is 15.9 Å². The maximum absolute atomic E-state index is 10.5. The van der Waals surface area contributed by atoms with Gasteiger partial charge in [-0.2, -0.15) is 0 Å². The summed E-state index contributed by atoms with van der Waals surface area (Å²) in [5.41, 5.74) is 6.56. The van der Waals surface area contributed by atoms with E-state index < -0.39 is 5.60 Å². The van der Waals surface area contributed by atoms with Crippen LogP contribution in [0.4, 0.5) is 5.69 Å². The highest BCUT2D eigenvalue weighted by molar-refractivity contribution is 9.10. The van der Waals surface area contributed by atoms with Crippen LogP contribution in [0.1, 0.15) is 18.4 Å². The molecule has 1 aromatic carbocycles. The molecule has 0 spiro atoms. The molecule has 0 radical (unpaired) electrons. The van der Waals surface area contributed by atoms with Crippen LogP contribution in [-0.4, -0.2) is 18.3 Å². The van der Waals surface area contributed by atoms with Crippen molar-refractivity contribution in [1.29, 1.82) is 0 Å². The van der Waals surface area contributed by atoms with Crippen molar-refractivity contribution in [3.8, 4) is 0 Å². The Labute approximate surface area is 97.4 Å². The van der Waals surface area contributed by atoms with Gasteiger partial charge in [-0.25, -0.2) is 0 Å². The van der Waals surface area contributed by atoms with Gasteiger partial charge in [-0.1, -0.05) is 12.1 Å². The molecular weight excluding hydrogens is 258 g/mol. The summed E-state index contributed by atoms with van der Waals surface area (Å²) < 4.78 is 6.08. The van der Waals surface area contributed by atoms with Crippen LogP contribution in [-0.2, 0) is 10.3 Å². The molecule has 0 atom stereocenters. The smallest absolute Gasteiger partial charge is 0.0960 e. The lowest BCUT2D eigenvalue weighted by atomic mass is 9.85. The molecule has 3 nitrogen and oxygen atoms in total.